The largest absolute Gasteiger partial charge is 0.510 e. The molecule has 6 rings (SSSR count). The number of pyridine rings is 1. The molecular formula is C27H18ClN5O9. The van der Waals surface area contributed by atoms with Crippen molar-refractivity contribution < 1.29 is 20.1 Å². The van der Waals surface area contributed by atoms with E-state index in [9.17, 15) is 39.3 Å². The van der Waals surface area contributed by atoms with Crippen LogP contribution in [-0.4, -0.2) is 39.6 Å². The molecule has 0 saturated carbocycles. The monoisotopic (exact) mass is 591 g/mol. The molecule has 0 amide bonds. The van der Waals surface area contributed by atoms with Crippen LogP contribution >= 0.6 is 11.6 Å². The summed E-state index contributed by atoms with van der Waals surface area (Å²) in [6.07, 6.45) is 0.955. The summed E-state index contributed by atoms with van der Waals surface area (Å²) in [6.45, 7) is 0. The maximum Gasteiger partial charge on any atom is 0.260 e. The van der Waals surface area contributed by atoms with Gasteiger partial charge in [-0.25, -0.2) is 0 Å². The summed E-state index contributed by atoms with van der Waals surface area (Å²) in [6, 6.07) is 2.15. The molecule has 0 aliphatic heterocycles. The number of nitrogens with zero attached hydrogens (tertiary/aromatic N) is 2. The molecule has 0 unspecified atom stereocenters. The first-order valence-electron chi connectivity index (χ1n) is 12.2. The molecule has 8 N–H and O–H groups in total. The van der Waals surface area contributed by atoms with E-state index in [0.717, 1.165) is 19.4 Å². The molecule has 0 bridgehead atoms. The molecule has 42 heavy (non-hydrogen) atoms. The van der Waals surface area contributed by atoms with Crippen LogP contribution in [0.1, 0.15) is 23.2 Å². The van der Waals surface area contributed by atoms with E-state index in [4.69, 9.17) is 27.8 Å². The molecule has 212 valence electrons. The third kappa shape index (κ3) is 3.17. The van der Waals surface area contributed by atoms with E-state index < -0.39 is 76.6 Å². The Hall–Kier alpha value is -5.50. The number of aliphatic hydroxyl groups excluding tert-OH is 2. The number of phenolic OH excluding ortho intramolecular Hbond substituents is 1. The van der Waals surface area contributed by atoms with Gasteiger partial charge in [-0.2, -0.15) is 5.10 Å². The highest BCUT2D eigenvalue weighted by molar-refractivity contribution is 6.37. The van der Waals surface area contributed by atoms with Gasteiger partial charge in [0.2, 0.25) is 22.2 Å². The van der Waals surface area contributed by atoms with E-state index in [1.807, 2.05) is 0 Å². The van der Waals surface area contributed by atoms with Gasteiger partial charge < -0.3 is 36.5 Å². The number of aromatic hydroxyl groups is 1. The van der Waals surface area contributed by atoms with Crippen LogP contribution < -0.4 is 53.9 Å². The number of aliphatic hydroxyl groups is 2. The zero-order chi connectivity index (χ0) is 30.4. The van der Waals surface area contributed by atoms with E-state index in [2.05, 4.69) is 15.2 Å². The van der Waals surface area contributed by atoms with Gasteiger partial charge in [-0.3, -0.25) is 24.0 Å². The standard InChI is InChI=1S/C27H18ClN5O9/c1-42-11-5-10(34)13-14(19(11)35)21(37)16-15(20(13)36)23(39)27(24(16)40)3-2-8-17(27)22(38)12-9(18(8)28)4-7(32-25(12)41)6-31-33-26(29)30/h4-6,38-40H,2-3H2,1H3,(H,32,41)(H4,29,30,33)/b31-6+/t27-/m0/s1. The minimum absolute atomic E-state index is 0.0132. The second kappa shape index (κ2) is 8.75. The first-order valence-corrected chi connectivity index (χ1v) is 12.5. The summed E-state index contributed by atoms with van der Waals surface area (Å²) in [7, 11) is 1.10. The third-order valence-electron chi connectivity index (χ3n) is 7.75. The van der Waals surface area contributed by atoms with Crippen LogP contribution in [0.5, 0.6) is 11.5 Å². The molecule has 15 heteroatoms. The summed E-state index contributed by atoms with van der Waals surface area (Å²) in [5, 5.41) is 38.4. The Bertz CT molecular complexity index is 2480. The van der Waals surface area contributed by atoms with Gasteiger partial charge in [0.1, 0.15) is 22.7 Å². The third-order valence-corrected chi connectivity index (χ3v) is 8.18. The van der Waals surface area contributed by atoms with Gasteiger partial charge in [0.05, 0.1) is 50.3 Å². The average molecular weight is 592 g/mol. The Labute approximate surface area is 235 Å². The van der Waals surface area contributed by atoms with Crippen LogP contribution in [0.25, 0.3) is 22.3 Å². The lowest BCUT2D eigenvalue weighted by atomic mass is 9.78. The highest BCUT2D eigenvalue weighted by Gasteiger charge is 2.53. The summed E-state index contributed by atoms with van der Waals surface area (Å²) in [5.74, 6) is -3.15. The Morgan fingerprint density at radius 3 is 2.26 bits per heavy atom. The smallest absolute Gasteiger partial charge is 0.260 e. The molecular weight excluding hydrogens is 574 g/mol. The molecule has 4 aliphatic carbocycles. The number of aromatic nitrogens is 1. The molecule has 1 atom stereocenters. The second-order valence-corrected chi connectivity index (χ2v) is 10.2. The summed E-state index contributed by atoms with van der Waals surface area (Å²) < 4.78 is 4.87. The first-order chi connectivity index (χ1) is 19.9. The average Bonchev–Trinajstić information content (AvgIpc) is 3.44. The molecule has 1 aromatic heterocycles. The minimum Gasteiger partial charge on any atom is -0.510 e. The lowest BCUT2D eigenvalue weighted by Crippen LogP contribution is -2.51. The molecule has 2 aromatic rings. The Morgan fingerprint density at radius 2 is 1.64 bits per heavy atom. The zero-order valence-corrected chi connectivity index (χ0v) is 22.1. The number of phenols is 1. The van der Waals surface area contributed by atoms with Crippen molar-refractivity contribution in [3.63, 3.8) is 0 Å². The van der Waals surface area contributed by atoms with Gasteiger partial charge in [0, 0.05) is 17.0 Å². The van der Waals surface area contributed by atoms with Crippen molar-refractivity contribution in [2.45, 2.75) is 18.3 Å². The van der Waals surface area contributed by atoms with Crippen LogP contribution in [0.3, 0.4) is 0 Å². The number of fused-ring (bicyclic) bond motifs is 4. The fourth-order valence-corrected chi connectivity index (χ4v) is 6.38. The maximum atomic E-state index is 13.6. The SMILES string of the molecule is COc1cc(=O)c2c(=O)c3c(c(=O)c=2c1=O)=C(O)[C@]1(CCc2c1c(O)c1c(=O)[nH]c(/C=N/N=C(N)N)cc1c2Cl)C=3O. The van der Waals surface area contributed by atoms with Gasteiger partial charge in [0.25, 0.3) is 5.56 Å². The van der Waals surface area contributed by atoms with Crippen molar-refractivity contribution in [2.24, 2.45) is 21.7 Å². The van der Waals surface area contributed by atoms with E-state index in [1.54, 1.807) is 0 Å². The number of hydrogen-bond acceptors (Lipinski definition) is 11. The zero-order valence-electron chi connectivity index (χ0n) is 21.4. The van der Waals surface area contributed by atoms with Crippen molar-refractivity contribution >= 4 is 46.1 Å². The Morgan fingerprint density at radius 1 is 1.00 bits per heavy atom. The fraction of sp³-hybridized carbons (Fsp3) is 0.148. The first kappa shape index (κ1) is 26.7. The van der Waals surface area contributed by atoms with E-state index in [1.165, 1.54) is 6.07 Å². The molecule has 0 saturated heterocycles. The van der Waals surface area contributed by atoms with Gasteiger partial charge in [-0.1, -0.05) is 11.6 Å². The van der Waals surface area contributed by atoms with Crippen LogP contribution in [0.15, 0.2) is 46.3 Å². The van der Waals surface area contributed by atoms with Gasteiger partial charge in [0.15, 0.2) is 11.2 Å². The van der Waals surface area contributed by atoms with E-state index in [0.29, 0.717) is 0 Å². The molecule has 1 aromatic carbocycles. The highest BCUT2D eigenvalue weighted by atomic mass is 35.5. The van der Waals surface area contributed by atoms with Crippen molar-refractivity contribution in [2.75, 3.05) is 7.11 Å². The number of H-pyrrole nitrogens is 1. The normalized spacial score (nSPS) is 17.5. The highest BCUT2D eigenvalue weighted by Crippen LogP contribution is 2.56. The lowest BCUT2D eigenvalue weighted by molar-refractivity contribution is 0.362. The van der Waals surface area contributed by atoms with Gasteiger partial charge in [-0.15, -0.1) is 5.10 Å². The molecule has 14 nitrogen and oxygen atoms in total. The molecule has 0 radical (unpaired) electrons. The number of guanidine groups is 1. The number of rotatable bonds is 3. The quantitative estimate of drug-likeness (QED) is 0.0845. The predicted octanol–water partition coefficient (Wildman–Crippen LogP) is -2.23. The van der Waals surface area contributed by atoms with Crippen molar-refractivity contribution in [1.82, 2.24) is 4.98 Å². The summed E-state index contributed by atoms with van der Waals surface area (Å²) in [4.78, 5) is 68.4. The number of hydrogen-bond donors (Lipinski definition) is 6. The van der Waals surface area contributed by atoms with Crippen molar-refractivity contribution in [1.29, 1.82) is 0 Å². The number of nitrogens with two attached hydrogens (primary N) is 2. The van der Waals surface area contributed by atoms with Crippen molar-refractivity contribution in [3.8, 4) is 11.5 Å². The fourth-order valence-electron chi connectivity index (χ4n) is 6.04. The van der Waals surface area contributed by atoms with E-state index in [-0.39, 0.29) is 51.4 Å². The molecule has 1 spiro atoms. The topological polar surface area (TPSA) is 248 Å². The minimum atomic E-state index is -2.08. The summed E-state index contributed by atoms with van der Waals surface area (Å²) in [5.41, 5.74) is 3.32. The van der Waals surface area contributed by atoms with Crippen LogP contribution in [-0.2, 0) is 11.8 Å². The predicted molar refractivity (Wildman–Crippen MR) is 152 cm³/mol. The molecule has 0 fully saturated rings. The molecule has 4 aliphatic rings. The Balaban J connectivity index is 1.75. The number of benzene rings is 1. The number of nitrogens with one attached hydrogen (secondary N) is 1. The number of halogens is 1. The maximum absolute atomic E-state index is 13.6. The van der Waals surface area contributed by atoms with Crippen LogP contribution in [0.4, 0.5) is 0 Å². The summed E-state index contributed by atoms with van der Waals surface area (Å²) >= 11 is 6.70. The van der Waals surface area contributed by atoms with Crippen LogP contribution in [0, 0.1) is 10.4 Å². The number of ether oxygens (including phenoxy) is 1. The number of methoxy groups -OCH3 is 1. The molecule has 1 heterocycles. The van der Waals surface area contributed by atoms with Gasteiger partial charge in [-0.05, 0) is 24.5 Å². The van der Waals surface area contributed by atoms with Crippen LogP contribution in [0.2, 0.25) is 5.02 Å². The number of aromatic amines is 1. The van der Waals surface area contributed by atoms with Gasteiger partial charge >= 0.3 is 0 Å². The Kier molecular flexibility index (Phi) is 5.56. The second-order valence-electron chi connectivity index (χ2n) is 9.79. The lowest BCUT2D eigenvalue weighted by Gasteiger charge is -2.27. The van der Waals surface area contributed by atoms with Crippen molar-refractivity contribution in [3.05, 3.63) is 106 Å². The van der Waals surface area contributed by atoms with E-state index >= 15 is 0 Å².